The second-order valence-electron chi connectivity index (χ2n) is 7.38. The molecule has 4 rings (SSSR count). The largest absolute Gasteiger partial charge is 0.369 e. The first-order chi connectivity index (χ1) is 13.8. The number of hydrogen-bond donors (Lipinski definition) is 3. The molecule has 1 saturated carbocycles. The Labute approximate surface area is 173 Å². The molecule has 2 heterocycles. The lowest BCUT2D eigenvalue weighted by atomic mass is 9.81. The van der Waals surface area contributed by atoms with Gasteiger partial charge in [0.15, 0.2) is 5.13 Å². The van der Waals surface area contributed by atoms with Gasteiger partial charge in [0.2, 0.25) is 11.9 Å². The van der Waals surface area contributed by atoms with E-state index in [2.05, 4.69) is 26.6 Å². The maximum atomic E-state index is 12.6. The molecule has 1 aromatic carbocycles. The van der Waals surface area contributed by atoms with Crippen LogP contribution < -0.4 is 21.1 Å². The van der Waals surface area contributed by atoms with Crippen LogP contribution in [-0.2, 0) is 10.0 Å². The summed E-state index contributed by atoms with van der Waals surface area (Å²) < 4.78 is 27.6. The van der Waals surface area contributed by atoms with Crippen molar-refractivity contribution in [2.24, 2.45) is 27.4 Å². The number of aliphatic imine (C=N–C) groups is 2. The Morgan fingerprint density at radius 3 is 2.52 bits per heavy atom. The fourth-order valence-electron chi connectivity index (χ4n) is 3.82. The van der Waals surface area contributed by atoms with Gasteiger partial charge in [-0.2, -0.15) is 4.99 Å². The van der Waals surface area contributed by atoms with Crippen LogP contribution in [0.1, 0.15) is 32.6 Å². The van der Waals surface area contributed by atoms with E-state index in [9.17, 15) is 8.42 Å². The van der Waals surface area contributed by atoms with Gasteiger partial charge in [-0.25, -0.2) is 18.4 Å². The second kappa shape index (κ2) is 7.30. The van der Waals surface area contributed by atoms with E-state index < -0.39 is 15.7 Å². The SMILES string of the molecule is CC1CCC2(CC1)N=C(N)N=C(N)N2c1ccc(S(=O)(=O)Nc2nccs2)cc1. The highest BCUT2D eigenvalue weighted by molar-refractivity contribution is 7.93. The van der Waals surface area contributed by atoms with Gasteiger partial charge in [0, 0.05) is 17.3 Å². The molecule has 0 unspecified atom stereocenters. The third kappa shape index (κ3) is 3.79. The van der Waals surface area contributed by atoms with Gasteiger partial charge >= 0.3 is 0 Å². The average Bonchev–Trinajstić information content (AvgIpc) is 3.16. The molecule has 9 nitrogen and oxygen atoms in total. The van der Waals surface area contributed by atoms with Gasteiger partial charge in [-0.15, -0.1) is 11.3 Å². The van der Waals surface area contributed by atoms with Crippen molar-refractivity contribution < 1.29 is 8.42 Å². The quantitative estimate of drug-likeness (QED) is 0.676. The van der Waals surface area contributed by atoms with Crippen LogP contribution >= 0.6 is 11.3 Å². The fourth-order valence-corrected chi connectivity index (χ4v) is 5.61. The smallest absolute Gasteiger partial charge is 0.263 e. The van der Waals surface area contributed by atoms with Crippen molar-refractivity contribution >= 4 is 44.1 Å². The first kappa shape index (κ1) is 19.6. The Bertz CT molecular complexity index is 1040. The van der Waals surface area contributed by atoms with Crippen molar-refractivity contribution in [2.75, 3.05) is 9.62 Å². The summed E-state index contributed by atoms with van der Waals surface area (Å²) in [7, 11) is -3.72. The zero-order valence-corrected chi connectivity index (χ0v) is 17.6. The first-order valence-electron chi connectivity index (χ1n) is 9.31. The zero-order valence-electron chi connectivity index (χ0n) is 15.9. The number of nitrogens with zero attached hydrogens (tertiary/aromatic N) is 4. The molecular weight excluding hydrogens is 410 g/mol. The Morgan fingerprint density at radius 2 is 1.90 bits per heavy atom. The molecule has 1 spiro atoms. The van der Waals surface area contributed by atoms with Crippen molar-refractivity contribution in [3.8, 4) is 0 Å². The van der Waals surface area contributed by atoms with Crippen molar-refractivity contribution in [3.63, 3.8) is 0 Å². The van der Waals surface area contributed by atoms with Gasteiger partial charge < -0.3 is 11.5 Å². The fraction of sp³-hybridized carbons (Fsp3) is 0.389. The molecule has 0 atom stereocenters. The lowest BCUT2D eigenvalue weighted by Gasteiger charge is -2.46. The Morgan fingerprint density at radius 1 is 1.21 bits per heavy atom. The summed E-state index contributed by atoms with van der Waals surface area (Å²) in [6.45, 7) is 2.22. The van der Waals surface area contributed by atoms with Gasteiger partial charge in [-0.1, -0.05) is 6.92 Å². The molecule has 11 heteroatoms. The van der Waals surface area contributed by atoms with Gasteiger partial charge in [-0.05, 0) is 55.9 Å². The molecular formula is C18H23N7O2S2. The van der Waals surface area contributed by atoms with Crippen LogP contribution in [-0.4, -0.2) is 31.0 Å². The highest BCUT2D eigenvalue weighted by atomic mass is 32.2. The summed E-state index contributed by atoms with van der Waals surface area (Å²) in [6.07, 6.45) is 5.16. The Balaban J connectivity index is 1.64. The van der Waals surface area contributed by atoms with Crippen LogP contribution in [0.2, 0.25) is 0 Å². The number of anilines is 2. The molecule has 0 amide bonds. The van der Waals surface area contributed by atoms with Crippen LogP contribution in [0.3, 0.4) is 0 Å². The number of thiazole rings is 1. The van der Waals surface area contributed by atoms with Crippen molar-refractivity contribution in [2.45, 2.75) is 43.2 Å². The van der Waals surface area contributed by atoms with E-state index >= 15 is 0 Å². The minimum Gasteiger partial charge on any atom is -0.369 e. The van der Waals surface area contributed by atoms with Crippen LogP contribution in [0.15, 0.2) is 50.7 Å². The number of rotatable bonds is 4. The van der Waals surface area contributed by atoms with E-state index in [4.69, 9.17) is 11.5 Å². The Hall–Kier alpha value is -2.66. The highest BCUT2D eigenvalue weighted by Crippen LogP contribution is 2.41. The molecule has 29 heavy (non-hydrogen) atoms. The predicted molar refractivity (Wildman–Crippen MR) is 115 cm³/mol. The van der Waals surface area contributed by atoms with Crippen LogP contribution in [0.4, 0.5) is 10.8 Å². The summed E-state index contributed by atoms with van der Waals surface area (Å²) in [5.74, 6) is 1.06. The Kier molecular flexibility index (Phi) is 4.95. The molecule has 1 aliphatic heterocycles. The molecule has 2 aliphatic rings. The average molecular weight is 434 g/mol. The standard InChI is InChI=1S/C18H23N7O2S2/c1-12-6-8-18(9-7-12)23-15(19)22-16(20)25(18)13-2-4-14(5-3-13)29(26,27)24-17-21-10-11-28-17/h2-5,10-12H,6-9H2,1H3,(H,21,24)(H4,19,20,22,23). The van der Waals surface area contributed by atoms with Crippen molar-refractivity contribution in [1.29, 1.82) is 0 Å². The normalized spacial score (nSPS) is 24.9. The van der Waals surface area contributed by atoms with E-state index in [0.29, 0.717) is 11.0 Å². The summed E-state index contributed by atoms with van der Waals surface area (Å²) in [5, 5.41) is 2.03. The van der Waals surface area contributed by atoms with E-state index in [1.165, 1.54) is 11.3 Å². The molecule has 0 radical (unpaired) electrons. The van der Waals surface area contributed by atoms with Crippen LogP contribution in [0.25, 0.3) is 0 Å². The molecule has 2 aromatic rings. The van der Waals surface area contributed by atoms with E-state index in [1.54, 1.807) is 35.8 Å². The molecule has 154 valence electrons. The maximum Gasteiger partial charge on any atom is 0.263 e. The van der Waals surface area contributed by atoms with Crippen LogP contribution in [0, 0.1) is 5.92 Å². The van der Waals surface area contributed by atoms with Gasteiger partial charge in [0.1, 0.15) is 5.66 Å². The number of nitrogens with one attached hydrogen (secondary N) is 1. The highest BCUT2D eigenvalue weighted by Gasteiger charge is 2.43. The number of aromatic nitrogens is 1. The maximum absolute atomic E-state index is 12.6. The number of hydrogen-bond acceptors (Lipinski definition) is 9. The summed E-state index contributed by atoms with van der Waals surface area (Å²) >= 11 is 1.22. The summed E-state index contributed by atoms with van der Waals surface area (Å²) in [4.78, 5) is 14.8. The third-order valence-corrected chi connectivity index (χ3v) is 7.50. The van der Waals surface area contributed by atoms with E-state index in [1.807, 2.05) is 4.90 Å². The molecule has 0 saturated heterocycles. The zero-order chi connectivity index (χ0) is 20.6. The number of nitrogens with two attached hydrogens (primary N) is 2. The summed E-state index contributed by atoms with van der Waals surface area (Å²) in [6, 6.07) is 6.52. The number of sulfonamides is 1. The van der Waals surface area contributed by atoms with E-state index in [-0.39, 0.29) is 16.8 Å². The molecule has 1 aromatic heterocycles. The molecule has 0 bridgehead atoms. The lowest BCUT2D eigenvalue weighted by molar-refractivity contribution is 0.252. The van der Waals surface area contributed by atoms with Crippen LogP contribution in [0.5, 0.6) is 0 Å². The number of benzene rings is 1. The molecule has 1 fully saturated rings. The number of guanidine groups is 2. The topological polar surface area (TPSA) is 139 Å². The monoisotopic (exact) mass is 433 g/mol. The molecule has 1 aliphatic carbocycles. The second-order valence-corrected chi connectivity index (χ2v) is 9.95. The van der Waals surface area contributed by atoms with Gasteiger partial charge in [0.05, 0.1) is 4.90 Å². The summed E-state index contributed by atoms with van der Waals surface area (Å²) in [5.41, 5.74) is 12.3. The minimum atomic E-state index is -3.72. The molecule has 5 N–H and O–H groups in total. The van der Waals surface area contributed by atoms with Gasteiger partial charge in [0.25, 0.3) is 10.0 Å². The third-order valence-electron chi connectivity index (χ3n) is 5.33. The lowest BCUT2D eigenvalue weighted by Crippen LogP contribution is -2.58. The predicted octanol–water partition coefficient (Wildman–Crippen LogP) is 2.30. The van der Waals surface area contributed by atoms with E-state index in [0.717, 1.165) is 31.4 Å². The van der Waals surface area contributed by atoms with Crippen molar-refractivity contribution in [1.82, 2.24) is 4.98 Å². The van der Waals surface area contributed by atoms with Gasteiger partial charge in [-0.3, -0.25) is 9.62 Å². The minimum absolute atomic E-state index is 0.137. The van der Waals surface area contributed by atoms with Crippen molar-refractivity contribution in [3.05, 3.63) is 35.8 Å². The first-order valence-corrected chi connectivity index (χ1v) is 11.7.